The summed E-state index contributed by atoms with van der Waals surface area (Å²) in [4.78, 5) is 60.1. The molecule has 0 unspecified atom stereocenters. The highest BCUT2D eigenvalue weighted by molar-refractivity contribution is 5.97. The standard InChI is InChI=1S/C26H40N4O7/c1-17(2)23(15-22(32)10-14-36-13-9-18(3)31)25(34)29-19(4)24(33)30-21-7-5-20(6-8-21)16-37-26(35)28-12-11-27/h5-8,17,19,23H,9-16,27H2,1-4H3,(H,28,35)(H,29,34)(H,30,33)/t19-,23-/m0/s1. The number of rotatable bonds is 17. The second-order valence-electron chi connectivity index (χ2n) is 9.12. The molecule has 1 rings (SSSR count). The van der Waals surface area contributed by atoms with E-state index in [-0.39, 0.29) is 56.1 Å². The van der Waals surface area contributed by atoms with Gasteiger partial charge in [-0.15, -0.1) is 0 Å². The van der Waals surface area contributed by atoms with Crippen LogP contribution in [0.25, 0.3) is 0 Å². The third-order valence-corrected chi connectivity index (χ3v) is 5.47. The minimum atomic E-state index is -0.826. The number of ketones is 2. The second kappa shape index (κ2) is 17.2. The van der Waals surface area contributed by atoms with Crippen molar-refractivity contribution in [3.63, 3.8) is 0 Å². The van der Waals surface area contributed by atoms with Gasteiger partial charge in [0.25, 0.3) is 0 Å². The van der Waals surface area contributed by atoms with E-state index >= 15 is 0 Å². The van der Waals surface area contributed by atoms with E-state index in [0.717, 1.165) is 5.56 Å². The van der Waals surface area contributed by atoms with Crippen molar-refractivity contribution in [2.75, 3.05) is 31.6 Å². The summed E-state index contributed by atoms with van der Waals surface area (Å²) in [7, 11) is 0. The van der Waals surface area contributed by atoms with E-state index in [2.05, 4.69) is 16.0 Å². The molecule has 0 saturated carbocycles. The molecular formula is C26H40N4O7. The lowest BCUT2D eigenvalue weighted by Crippen LogP contribution is -2.45. The Kier molecular flexibility index (Phi) is 14.7. The number of nitrogens with two attached hydrogens (primary N) is 1. The number of carbonyl (C=O) groups is 5. The Bertz CT molecular complexity index is 903. The maximum atomic E-state index is 12.8. The Hall–Kier alpha value is -3.31. The molecule has 0 aliphatic carbocycles. The molecule has 0 spiro atoms. The number of hydrogen-bond acceptors (Lipinski definition) is 8. The molecule has 37 heavy (non-hydrogen) atoms. The lowest BCUT2D eigenvalue weighted by molar-refractivity contribution is -0.133. The fraction of sp³-hybridized carbons (Fsp3) is 0.577. The molecule has 0 aromatic heterocycles. The Balaban J connectivity index is 2.51. The van der Waals surface area contributed by atoms with Crippen molar-refractivity contribution in [3.05, 3.63) is 29.8 Å². The van der Waals surface area contributed by atoms with Gasteiger partial charge in [-0.1, -0.05) is 26.0 Å². The summed E-state index contributed by atoms with van der Waals surface area (Å²) in [5.41, 5.74) is 6.56. The van der Waals surface area contributed by atoms with Crippen LogP contribution in [0.4, 0.5) is 10.5 Å². The van der Waals surface area contributed by atoms with E-state index in [1.165, 1.54) is 6.92 Å². The van der Waals surface area contributed by atoms with Gasteiger partial charge in [-0.05, 0) is 37.5 Å². The van der Waals surface area contributed by atoms with Crippen molar-refractivity contribution in [3.8, 4) is 0 Å². The van der Waals surface area contributed by atoms with Crippen LogP contribution < -0.4 is 21.7 Å². The monoisotopic (exact) mass is 520 g/mol. The van der Waals surface area contributed by atoms with Crippen LogP contribution in [0.1, 0.15) is 52.5 Å². The van der Waals surface area contributed by atoms with Crippen LogP contribution in [0.2, 0.25) is 0 Å². The lowest BCUT2D eigenvalue weighted by atomic mass is 9.89. The molecule has 0 aliphatic heterocycles. The van der Waals surface area contributed by atoms with Crippen LogP contribution >= 0.6 is 0 Å². The van der Waals surface area contributed by atoms with Crippen molar-refractivity contribution >= 4 is 35.2 Å². The molecule has 0 heterocycles. The minimum Gasteiger partial charge on any atom is -0.445 e. The highest BCUT2D eigenvalue weighted by Crippen LogP contribution is 2.18. The fourth-order valence-electron chi connectivity index (χ4n) is 3.18. The average molecular weight is 521 g/mol. The number of amides is 3. The van der Waals surface area contributed by atoms with Crippen molar-refractivity contribution in [1.82, 2.24) is 10.6 Å². The van der Waals surface area contributed by atoms with Crippen LogP contribution in [0.5, 0.6) is 0 Å². The second-order valence-corrected chi connectivity index (χ2v) is 9.12. The normalized spacial score (nSPS) is 12.4. The van der Waals surface area contributed by atoms with E-state index < -0.39 is 24.0 Å². The molecule has 0 saturated heterocycles. The van der Waals surface area contributed by atoms with Gasteiger partial charge < -0.3 is 31.2 Å². The summed E-state index contributed by atoms with van der Waals surface area (Å²) in [5, 5.41) is 7.92. The number of benzene rings is 1. The Morgan fingerprint density at radius 3 is 2.19 bits per heavy atom. The summed E-state index contributed by atoms with van der Waals surface area (Å²) in [6.07, 6.45) is -0.0596. The molecular weight excluding hydrogens is 480 g/mol. The first-order valence-electron chi connectivity index (χ1n) is 12.4. The maximum Gasteiger partial charge on any atom is 0.407 e. The zero-order valence-corrected chi connectivity index (χ0v) is 22.1. The van der Waals surface area contributed by atoms with Gasteiger partial charge in [0.1, 0.15) is 24.2 Å². The summed E-state index contributed by atoms with van der Waals surface area (Å²) in [6, 6.07) is 5.92. The average Bonchev–Trinajstić information content (AvgIpc) is 2.84. The van der Waals surface area contributed by atoms with E-state index in [1.807, 2.05) is 13.8 Å². The van der Waals surface area contributed by atoms with Gasteiger partial charge in [0, 0.05) is 44.0 Å². The molecule has 0 fully saturated rings. The first-order valence-corrected chi connectivity index (χ1v) is 12.4. The lowest BCUT2D eigenvalue weighted by Gasteiger charge is -2.22. The zero-order chi connectivity index (χ0) is 27.8. The summed E-state index contributed by atoms with van der Waals surface area (Å²) < 4.78 is 10.4. The number of Topliss-reactive ketones (excluding diaryl/α,β-unsaturated/α-hetero) is 2. The summed E-state index contributed by atoms with van der Waals surface area (Å²) >= 11 is 0. The highest BCUT2D eigenvalue weighted by atomic mass is 16.5. The van der Waals surface area contributed by atoms with Crippen LogP contribution in [0.15, 0.2) is 24.3 Å². The molecule has 2 atom stereocenters. The number of hydrogen-bond donors (Lipinski definition) is 4. The van der Waals surface area contributed by atoms with Crippen LogP contribution in [0.3, 0.4) is 0 Å². The highest BCUT2D eigenvalue weighted by Gasteiger charge is 2.27. The minimum absolute atomic E-state index is 0.0211. The molecule has 206 valence electrons. The van der Waals surface area contributed by atoms with Gasteiger partial charge in [0.15, 0.2) is 0 Å². The maximum absolute atomic E-state index is 12.8. The molecule has 3 amide bonds. The first-order chi connectivity index (χ1) is 17.5. The van der Waals surface area contributed by atoms with E-state index in [4.69, 9.17) is 15.2 Å². The predicted molar refractivity (Wildman–Crippen MR) is 139 cm³/mol. The fourth-order valence-corrected chi connectivity index (χ4v) is 3.18. The van der Waals surface area contributed by atoms with Crippen molar-refractivity contribution < 1.29 is 33.4 Å². The van der Waals surface area contributed by atoms with E-state index in [1.54, 1.807) is 31.2 Å². The number of nitrogens with one attached hydrogen (secondary N) is 3. The third-order valence-electron chi connectivity index (χ3n) is 5.47. The van der Waals surface area contributed by atoms with E-state index in [9.17, 15) is 24.0 Å². The van der Waals surface area contributed by atoms with Crippen molar-refractivity contribution in [2.24, 2.45) is 17.6 Å². The molecule has 0 radical (unpaired) electrons. The molecule has 5 N–H and O–H groups in total. The van der Waals surface area contributed by atoms with Crippen LogP contribution in [-0.4, -0.2) is 61.8 Å². The van der Waals surface area contributed by atoms with Gasteiger partial charge in [0.2, 0.25) is 11.8 Å². The number of carbonyl (C=O) groups excluding carboxylic acids is 5. The Morgan fingerprint density at radius 2 is 1.59 bits per heavy atom. The molecule has 1 aromatic carbocycles. The SMILES string of the molecule is CC(=O)CCOCCC(=O)C[C@H](C(=O)N[C@@H](C)C(=O)Nc1ccc(COC(=O)NCCN)cc1)C(C)C. The van der Waals surface area contributed by atoms with Gasteiger partial charge in [-0.2, -0.15) is 0 Å². The third kappa shape index (κ3) is 13.5. The smallest absolute Gasteiger partial charge is 0.407 e. The molecule has 11 nitrogen and oxygen atoms in total. The largest absolute Gasteiger partial charge is 0.445 e. The predicted octanol–water partition coefficient (Wildman–Crippen LogP) is 1.93. The quantitative estimate of drug-likeness (QED) is 0.226. The van der Waals surface area contributed by atoms with Gasteiger partial charge in [-0.3, -0.25) is 19.2 Å². The molecule has 11 heteroatoms. The zero-order valence-electron chi connectivity index (χ0n) is 22.1. The van der Waals surface area contributed by atoms with Gasteiger partial charge >= 0.3 is 6.09 Å². The van der Waals surface area contributed by atoms with Crippen molar-refractivity contribution in [1.29, 1.82) is 0 Å². The molecule has 0 aliphatic rings. The first kappa shape index (κ1) is 31.7. The van der Waals surface area contributed by atoms with E-state index in [0.29, 0.717) is 25.2 Å². The number of anilines is 1. The van der Waals surface area contributed by atoms with Crippen molar-refractivity contribution in [2.45, 2.75) is 59.6 Å². The molecule has 0 bridgehead atoms. The number of alkyl carbamates (subject to hydrolysis) is 1. The topological polar surface area (TPSA) is 166 Å². The summed E-state index contributed by atoms with van der Waals surface area (Å²) in [6.45, 7) is 7.91. The Labute approximate surface area is 218 Å². The van der Waals surface area contributed by atoms with Gasteiger partial charge in [0.05, 0.1) is 13.2 Å². The summed E-state index contributed by atoms with van der Waals surface area (Å²) in [5.74, 6) is -1.57. The van der Waals surface area contributed by atoms with Crippen LogP contribution in [0, 0.1) is 11.8 Å². The van der Waals surface area contributed by atoms with Gasteiger partial charge in [-0.25, -0.2) is 4.79 Å². The number of ether oxygens (including phenoxy) is 2. The Morgan fingerprint density at radius 1 is 0.946 bits per heavy atom. The van der Waals surface area contributed by atoms with Crippen LogP contribution in [-0.2, 0) is 35.3 Å². The molecule has 1 aromatic rings.